The van der Waals surface area contributed by atoms with Crippen LogP contribution < -0.4 is 10.6 Å². The second-order valence-corrected chi connectivity index (χ2v) is 2.71. The summed E-state index contributed by atoms with van der Waals surface area (Å²) in [6, 6.07) is 6.89. The third-order valence-electron chi connectivity index (χ3n) is 1.65. The van der Waals surface area contributed by atoms with Gasteiger partial charge in [-0.15, -0.1) is 6.42 Å². The molecule has 0 radical (unpaired) electrons. The minimum atomic E-state index is -0.207. The summed E-state index contributed by atoms with van der Waals surface area (Å²) in [5.74, 6) is 2.50. The number of anilines is 1. The molecule has 2 N–H and O–H groups in total. The first-order valence-corrected chi connectivity index (χ1v) is 4.37. The number of urea groups is 1. The zero-order valence-corrected chi connectivity index (χ0v) is 8.00. The van der Waals surface area contributed by atoms with E-state index < -0.39 is 0 Å². The molecule has 0 heterocycles. The molecule has 72 valence electrons. The van der Waals surface area contributed by atoms with E-state index in [2.05, 4.69) is 16.6 Å². The first-order chi connectivity index (χ1) is 6.76. The molecule has 0 saturated heterocycles. The van der Waals surface area contributed by atoms with Crippen molar-refractivity contribution in [3.63, 3.8) is 0 Å². The lowest BCUT2D eigenvalue weighted by molar-refractivity contribution is 0.252. The van der Waals surface area contributed by atoms with Crippen LogP contribution in [-0.4, -0.2) is 12.6 Å². The summed E-state index contributed by atoms with van der Waals surface area (Å²) in [6.07, 6.45) is 5.20. The van der Waals surface area contributed by atoms with Gasteiger partial charge in [0.15, 0.2) is 0 Å². The fourth-order valence-electron chi connectivity index (χ4n) is 0.986. The summed E-state index contributed by atoms with van der Waals surface area (Å²) in [6.45, 7) is 2.47. The van der Waals surface area contributed by atoms with Gasteiger partial charge in [0, 0.05) is 17.8 Å². The van der Waals surface area contributed by atoms with E-state index in [0.717, 1.165) is 11.3 Å². The number of hydrogen-bond acceptors (Lipinski definition) is 1. The van der Waals surface area contributed by atoms with Gasteiger partial charge in [-0.3, -0.25) is 0 Å². The number of rotatable bonds is 2. The molecule has 3 nitrogen and oxygen atoms in total. The predicted octanol–water partition coefficient (Wildman–Crippen LogP) is 1.81. The van der Waals surface area contributed by atoms with E-state index in [4.69, 9.17) is 6.42 Å². The van der Waals surface area contributed by atoms with Crippen molar-refractivity contribution < 1.29 is 4.79 Å². The standard InChI is InChI=1S/C11H12N2O/c1-3-9-5-7-10(8-6-9)13-11(14)12-4-2/h1,5-8H,4H2,2H3,(H2,12,13,14). The van der Waals surface area contributed by atoms with E-state index in [-0.39, 0.29) is 6.03 Å². The molecule has 0 aliphatic carbocycles. The van der Waals surface area contributed by atoms with Crippen molar-refractivity contribution in [1.29, 1.82) is 0 Å². The Hall–Kier alpha value is -1.95. The molecule has 1 aromatic rings. The Bertz CT molecular complexity index is 349. The van der Waals surface area contributed by atoms with E-state index in [1.165, 1.54) is 0 Å². The molecule has 0 spiro atoms. The van der Waals surface area contributed by atoms with Crippen molar-refractivity contribution in [2.75, 3.05) is 11.9 Å². The van der Waals surface area contributed by atoms with E-state index in [9.17, 15) is 4.79 Å². The summed E-state index contributed by atoms with van der Waals surface area (Å²) in [7, 11) is 0. The normalized spacial score (nSPS) is 8.86. The van der Waals surface area contributed by atoms with Crippen LogP contribution in [0.15, 0.2) is 24.3 Å². The van der Waals surface area contributed by atoms with E-state index in [0.29, 0.717) is 6.54 Å². The van der Waals surface area contributed by atoms with Crippen LogP contribution in [0.4, 0.5) is 10.5 Å². The first kappa shape index (κ1) is 10.1. The molecule has 0 saturated carbocycles. The second kappa shape index (κ2) is 4.93. The van der Waals surface area contributed by atoms with Gasteiger partial charge < -0.3 is 10.6 Å². The molecular formula is C11H12N2O. The maximum Gasteiger partial charge on any atom is 0.319 e. The maximum atomic E-state index is 11.1. The minimum absolute atomic E-state index is 0.207. The lowest BCUT2D eigenvalue weighted by Crippen LogP contribution is -2.28. The van der Waals surface area contributed by atoms with Crippen LogP contribution in [0.25, 0.3) is 0 Å². The average molecular weight is 188 g/mol. The van der Waals surface area contributed by atoms with Gasteiger partial charge in [0.2, 0.25) is 0 Å². The minimum Gasteiger partial charge on any atom is -0.338 e. The smallest absolute Gasteiger partial charge is 0.319 e. The lowest BCUT2D eigenvalue weighted by Gasteiger charge is -2.05. The highest BCUT2D eigenvalue weighted by Gasteiger charge is 1.98. The van der Waals surface area contributed by atoms with E-state index >= 15 is 0 Å². The maximum absolute atomic E-state index is 11.1. The third kappa shape index (κ3) is 2.83. The van der Waals surface area contributed by atoms with Crippen molar-refractivity contribution in [3.05, 3.63) is 29.8 Å². The molecule has 3 heteroatoms. The highest BCUT2D eigenvalue weighted by atomic mass is 16.2. The van der Waals surface area contributed by atoms with Gasteiger partial charge in [-0.05, 0) is 31.2 Å². The monoisotopic (exact) mass is 188 g/mol. The fourth-order valence-corrected chi connectivity index (χ4v) is 0.986. The molecule has 1 aromatic carbocycles. The highest BCUT2D eigenvalue weighted by Crippen LogP contribution is 2.07. The Morgan fingerprint density at radius 1 is 1.43 bits per heavy atom. The van der Waals surface area contributed by atoms with Crippen molar-refractivity contribution >= 4 is 11.7 Å². The van der Waals surface area contributed by atoms with Gasteiger partial charge in [-0.25, -0.2) is 4.79 Å². The Kier molecular flexibility index (Phi) is 3.57. The summed E-state index contributed by atoms with van der Waals surface area (Å²) < 4.78 is 0. The van der Waals surface area contributed by atoms with E-state index in [1.54, 1.807) is 24.3 Å². The predicted molar refractivity (Wildman–Crippen MR) is 57.1 cm³/mol. The number of hydrogen-bond donors (Lipinski definition) is 2. The molecule has 0 fully saturated rings. The molecule has 0 aliphatic heterocycles. The Morgan fingerprint density at radius 2 is 2.07 bits per heavy atom. The zero-order valence-electron chi connectivity index (χ0n) is 8.00. The number of carbonyl (C=O) groups excluding carboxylic acids is 1. The molecule has 0 atom stereocenters. The zero-order chi connectivity index (χ0) is 10.4. The van der Waals surface area contributed by atoms with Gasteiger partial charge in [-0.1, -0.05) is 5.92 Å². The summed E-state index contributed by atoms with van der Waals surface area (Å²) in [4.78, 5) is 11.1. The average Bonchev–Trinajstić information content (AvgIpc) is 2.19. The highest BCUT2D eigenvalue weighted by molar-refractivity contribution is 5.89. The van der Waals surface area contributed by atoms with Crippen LogP contribution in [0, 0.1) is 12.3 Å². The summed E-state index contributed by atoms with van der Waals surface area (Å²) >= 11 is 0. The van der Waals surface area contributed by atoms with Crippen molar-refractivity contribution in [2.45, 2.75) is 6.92 Å². The number of amides is 2. The first-order valence-electron chi connectivity index (χ1n) is 4.37. The molecule has 2 amide bonds. The van der Waals surface area contributed by atoms with Crippen LogP contribution in [0.1, 0.15) is 12.5 Å². The van der Waals surface area contributed by atoms with Gasteiger partial charge in [0.25, 0.3) is 0 Å². The van der Waals surface area contributed by atoms with Crippen LogP contribution in [0.5, 0.6) is 0 Å². The van der Waals surface area contributed by atoms with Crippen LogP contribution >= 0.6 is 0 Å². The Labute approximate surface area is 83.5 Å². The molecule has 1 rings (SSSR count). The quantitative estimate of drug-likeness (QED) is 0.683. The van der Waals surface area contributed by atoms with Crippen molar-refractivity contribution in [3.8, 4) is 12.3 Å². The van der Waals surface area contributed by atoms with Crippen molar-refractivity contribution in [2.24, 2.45) is 0 Å². The number of nitrogens with one attached hydrogen (secondary N) is 2. The topological polar surface area (TPSA) is 41.1 Å². The van der Waals surface area contributed by atoms with Gasteiger partial charge in [0.05, 0.1) is 0 Å². The third-order valence-corrected chi connectivity index (χ3v) is 1.65. The van der Waals surface area contributed by atoms with Crippen LogP contribution in [0.2, 0.25) is 0 Å². The number of carbonyl (C=O) groups is 1. The Balaban J connectivity index is 2.61. The largest absolute Gasteiger partial charge is 0.338 e. The number of terminal acetylenes is 1. The molecular weight excluding hydrogens is 176 g/mol. The van der Waals surface area contributed by atoms with Gasteiger partial charge >= 0.3 is 6.03 Å². The fraction of sp³-hybridized carbons (Fsp3) is 0.182. The van der Waals surface area contributed by atoms with Gasteiger partial charge in [0.1, 0.15) is 0 Å². The molecule has 0 aromatic heterocycles. The summed E-state index contributed by atoms with van der Waals surface area (Å²) in [5, 5.41) is 5.31. The van der Waals surface area contributed by atoms with Gasteiger partial charge in [-0.2, -0.15) is 0 Å². The molecule has 0 bridgehead atoms. The molecule has 0 unspecified atom stereocenters. The second-order valence-electron chi connectivity index (χ2n) is 2.71. The van der Waals surface area contributed by atoms with Crippen LogP contribution in [0.3, 0.4) is 0 Å². The van der Waals surface area contributed by atoms with Crippen LogP contribution in [-0.2, 0) is 0 Å². The summed E-state index contributed by atoms with van der Waals surface area (Å²) in [5.41, 5.74) is 1.53. The SMILES string of the molecule is C#Cc1ccc(NC(=O)NCC)cc1. The molecule has 14 heavy (non-hydrogen) atoms. The lowest BCUT2D eigenvalue weighted by atomic mass is 10.2. The number of benzene rings is 1. The van der Waals surface area contributed by atoms with E-state index in [1.807, 2.05) is 6.92 Å². The Morgan fingerprint density at radius 3 is 2.57 bits per heavy atom. The molecule has 0 aliphatic rings. The van der Waals surface area contributed by atoms with Crippen molar-refractivity contribution in [1.82, 2.24) is 5.32 Å².